The van der Waals surface area contributed by atoms with Crippen LogP contribution in [0, 0.1) is 12.8 Å². The Hall–Kier alpha value is -2.37. The molecule has 1 unspecified atom stereocenters. The van der Waals surface area contributed by atoms with E-state index in [0.717, 1.165) is 17.5 Å². The molecule has 0 fully saturated rings. The molecule has 132 valence electrons. The van der Waals surface area contributed by atoms with E-state index in [9.17, 15) is 14.4 Å². The highest BCUT2D eigenvalue weighted by Gasteiger charge is 2.22. The summed E-state index contributed by atoms with van der Waals surface area (Å²) in [6.07, 6.45) is 0.435. The zero-order valence-corrected chi connectivity index (χ0v) is 14.7. The highest BCUT2D eigenvalue weighted by molar-refractivity contribution is 5.83. The molecule has 0 aliphatic rings. The summed E-state index contributed by atoms with van der Waals surface area (Å²) < 4.78 is 5.12. The highest BCUT2D eigenvalue weighted by Crippen LogP contribution is 2.15. The molecule has 0 saturated carbocycles. The van der Waals surface area contributed by atoms with Crippen molar-refractivity contribution in [2.24, 2.45) is 11.7 Å². The maximum atomic E-state index is 12.1. The number of carbonyl (C=O) groups is 3. The third-order valence-electron chi connectivity index (χ3n) is 3.61. The van der Waals surface area contributed by atoms with Gasteiger partial charge in [0, 0.05) is 7.05 Å². The van der Waals surface area contributed by atoms with Crippen LogP contribution in [-0.2, 0) is 32.0 Å². The lowest BCUT2D eigenvalue weighted by molar-refractivity contribution is -0.155. The Morgan fingerprint density at radius 3 is 2.50 bits per heavy atom. The molecule has 1 rings (SSSR count). The van der Waals surface area contributed by atoms with Crippen LogP contribution in [0.1, 0.15) is 30.5 Å². The zero-order chi connectivity index (χ0) is 18.3. The second kappa shape index (κ2) is 9.05. The minimum Gasteiger partial charge on any atom is -0.450 e. The summed E-state index contributed by atoms with van der Waals surface area (Å²) in [5, 5.41) is 0. The van der Waals surface area contributed by atoms with Crippen molar-refractivity contribution in [2.75, 3.05) is 13.6 Å². The van der Waals surface area contributed by atoms with Crippen LogP contribution in [0.4, 0.5) is 0 Å². The number of nitrogens with two attached hydrogens (primary N) is 1. The number of ether oxygens (including phenoxy) is 1. The fraction of sp³-hybridized carbons (Fsp3) is 0.500. The Balaban J connectivity index is 2.72. The van der Waals surface area contributed by atoms with Gasteiger partial charge in [0.15, 0.2) is 6.10 Å². The predicted octanol–water partition coefficient (Wildman–Crippen LogP) is 1.22. The van der Waals surface area contributed by atoms with E-state index in [-0.39, 0.29) is 13.0 Å². The van der Waals surface area contributed by atoms with Crippen LogP contribution in [0.3, 0.4) is 0 Å². The number of amides is 2. The van der Waals surface area contributed by atoms with Gasteiger partial charge < -0.3 is 15.4 Å². The number of primary amides is 1. The Labute approximate surface area is 143 Å². The lowest BCUT2D eigenvalue weighted by Gasteiger charge is -2.19. The molecule has 0 aliphatic carbocycles. The molecule has 1 atom stereocenters. The molecule has 6 nitrogen and oxygen atoms in total. The monoisotopic (exact) mass is 334 g/mol. The van der Waals surface area contributed by atoms with Crippen molar-refractivity contribution in [3.05, 3.63) is 34.9 Å². The van der Waals surface area contributed by atoms with Crippen molar-refractivity contribution in [1.29, 1.82) is 0 Å². The van der Waals surface area contributed by atoms with Crippen LogP contribution in [-0.4, -0.2) is 42.9 Å². The number of hydrogen-bond acceptors (Lipinski definition) is 4. The Kier molecular flexibility index (Phi) is 7.42. The van der Waals surface area contributed by atoms with Gasteiger partial charge in [-0.3, -0.25) is 14.4 Å². The summed E-state index contributed by atoms with van der Waals surface area (Å²) in [5.74, 6) is -0.759. The molecule has 0 spiro atoms. The molecule has 2 amide bonds. The molecular weight excluding hydrogens is 308 g/mol. The number of carbonyl (C=O) groups excluding carboxylic acids is 3. The van der Waals surface area contributed by atoms with E-state index in [1.807, 2.05) is 19.1 Å². The second-order valence-corrected chi connectivity index (χ2v) is 6.46. The molecule has 0 saturated heterocycles. The van der Waals surface area contributed by atoms with Gasteiger partial charge in [-0.25, -0.2) is 0 Å². The van der Waals surface area contributed by atoms with Crippen LogP contribution in [0.5, 0.6) is 0 Å². The number of benzene rings is 1. The molecule has 0 aliphatic heterocycles. The van der Waals surface area contributed by atoms with Crippen LogP contribution in [0.25, 0.3) is 0 Å². The zero-order valence-electron chi connectivity index (χ0n) is 14.7. The van der Waals surface area contributed by atoms with Gasteiger partial charge in [-0.15, -0.1) is 0 Å². The average Bonchev–Trinajstić information content (AvgIpc) is 2.48. The fourth-order valence-electron chi connectivity index (χ4n) is 2.40. The maximum Gasteiger partial charge on any atom is 0.311 e. The molecule has 0 bridgehead atoms. The molecule has 2 N–H and O–H groups in total. The summed E-state index contributed by atoms with van der Waals surface area (Å²) in [6.45, 7) is 6.19. The van der Waals surface area contributed by atoms with Crippen molar-refractivity contribution < 1.29 is 19.1 Å². The van der Waals surface area contributed by atoms with Gasteiger partial charge in [0.2, 0.25) is 6.41 Å². The summed E-state index contributed by atoms with van der Waals surface area (Å²) in [7, 11) is 1.48. The first kappa shape index (κ1) is 19.7. The van der Waals surface area contributed by atoms with Gasteiger partial charge in [0.1, 0.15) is 0 Å². The van der Waals surface area contributed by atoms with Crippen molar-refractivity contribution in [3.8, 4) is 0 Å². The first-order valence-corrected chi connectivity index (χ1v) is 7.95. The largest absolute Gasteiger partial charge is 0.450 e. The number of nitrogens with zero attached hydrogens (tertiary/aromatic N) is 1. The third kappa shape index (κ3) is 6.40. The van der Waals surface area contributed by atoms with Gasteiger partial charge in [-0.1, -0.05) is 32.0 Å². The number of esters is 1. The van der Waals surface area contributed by atoms with E-state index >= 15 is 0 Å². The smallest absolute Gasteiger partial charge is 0.311 e. The molecular formula is C18H26N2O4. The van der Waals surface area contributed by atoms with E-state index in [1.165, 1.54) is 17.5 Å². The number of likely N-dealkylation sites (N-methyl/N-ethyl adjacent to an activating group) is 1. The van der Waals surface area contributed by atoms with E-state index < -0.39 is 18.0 Å². The molecule has 1 aromatic carbocycles. The second-order valence-electron chi connectivity index (χ2n) is 6.46. The Morgan fingerprint density at radius 1 is 1.33 bits per heavy atom. The lowest BCUT2D eigenvalue weighted by atomic mass is 9.97. The first-order valence-electron chi connectivity index (χ1n) is 7.95. The summed E-state index contributed by atoms with van der Waals surface area (Å²) in [4.78, 5) is 35.3. The number of hydrogen-bond donors (Lipinski definition) is 1. The fourth-order valence-corrected chi connectivity index (χ4v) is 2.40. The summed E-state index contributed by atoms with van der Waals surface area (Å²) in [6, 6.07) is 5.97. The normalized spacial score (nSPS) is 11.9. The third-order valence-corrected chi connectivity index (χ3v) is 3.61. The average molecular weight is 334 g/mol. The van der Waals surface area contributed by atoms with E-state index in [2.05, 4.69) is 19.9 Å². The maximum absolute atomic E-state index is 12.1. The van der Waals surface area contributed by atoms with Crippen molar-refractivity contribution in [3.63, 3.8) is 0 Å². The highest BCUT2D eigenvalue weighted by atomic mass is 16.5. The van der Waals surface area contributed by atoms with E-state index in [0.29, 0.717) is 12.3 Å². The quantitative estimate of drug-likeness (QED) is 0.543. The van der Waals surface area contributed by atoms with Gasteiger partial charge in [0.05, 0.1) is 13.0 Å². The first-order chi connectivity index (χ1) is 11.2. The summed E-state index contributed by atoms with van der Waals surface area (Å²) in [5.41, 5.74) is 8.30. The molecule has 0 aromatic heterocycles. The van der Waals surface area contributed by atoms with Gasteiger partial charge in [-0.2, -0.15) is 0 Å². The summed E-state index contributed by atoms with van der Waals surface area (Å²) >= 11 is 0. The van der Waals surface area contributed by atoms with E-state index in [1.54, 1.807) is 0 Å². The molecule has 0 heterocycles. The molecule has 1 aromatic rings. The van der Waals surface area contributed by atoms with Crippen LogP contribution in [0.2, 0.25) is 0 Å². The SMILES string of the molecule is Cc1cc(CC(C)C)ccc1CC(=O)OC(CN(C)C=O)C(N)=O. The molecule has 6 heteroatoms. The van der Waals surface area contributed by atoms with Crippen LogP contribution >= 0.6 is 0 Å². The number of aryl methyl sites for hydroxylation is 1. The molecule has 24 heavy (non-hydrogen) atoms. The van der Waals surface area contributed by atoms with Crippen LogP contribution < -0.4 is 5.73 Å². The Bertz CT molecular complexity index is 599. The lowest BCUT2D eigenvalue weighted by Crippen LogP contribution is -2.41. The van der Waals surface area contributed by atoms with Crippen molar-refractivity contribution >= 4 is 18.3 Å². The minimum atomic E-state index is -1.15. The Morgan fingerprint density at radius 2 is 2.00 bits per heavy atom. The minimum absolute atomic E-state index is 0.0579. The predicted molar refractivity (Wildman–Crippen MR) is 91.2 cm³/mol. The van der Waals surface area contributed by atoms with Gasteiger partial charge in [-0.05, 0) is 36.0 Å². The standard InChI is InChI=1S/C18H26N2O4/c1-12(2)7-14-5-6-15(13(3)8-14)9-17(22)24-16(18(19)23)10-20(4)11-21/h5-6,8,11-12,16H,7,9-10H2,1-4H3,(H2,19,23). The van der Waals surface area contributed by atoms with Crippen molar-refractivity contribution in [1.82, 2.24) is 4.90 Å². The topological polar surface area (TPSA) is 89.7 Å². The van der Waals surface area contributed by atoms with E-state index in [4.69, 9.17) is 10.5 Å². The number of rotatable bonds is 9. The van der Waals surface area contributed by atoms with Crippen LogP contribution in [0.15, 0.2) is 18.2 Å². The van der Waals surface area contributed by atoms with Crippen molar-refractivity contribution in [2.45, 2.75) is 39.7 Å². The van der Waals surface area contributed by atoms with Gasteiger partial charge in [0.25, 0.3) is 5.91 Å². The van der Waals surface area contributed by atoms with Gasteiger partial charge >= 0.3 is 5.97 Å². The molecule has 0 radical (unpaired) electrons.